The van der Waals surface area contributed by atoms with Gasteiger partial charge in [-0.15, -0.1) is 0 Å². The number of nitrogens with one attached hydrogen (secondary N) is 1. The second kappa shape index (κ2) is 9.04. The first-order chi connectivity index (χ1) is 7.45. The molecule has 1 nitrogen and oxygen atoms in total. The molecule has 0 amide bonds. The Hall–Kier alpha value is -0.0400. The topological polar surface area (TPSA) is 12.0 Å². The molecule has 0 saturated heterocycles. The molecule has 1 heteroatoms. The average molecular weight is 227 g/mol. The van der Waals surface area contributed by atoms with Crippen LogP contribution >= 0.6 is 0 Å². The van der Waals surface area contributed by atoms with Crippen LogP contribution in [0.3, 0.4) is 0 Å². The van der Waals surface area contributed by atoms with Gasteiger partial charge in [0.25, 0.3) is 0 Å². The Morgan fingerprint density at radius 1 is 0.938 bits per heavy atom. The molecule has 0 heterocycles. The Labute approximate surface area is 103 Å². The molecule has 0 aliphatic carbocycles. The Morgan fingerprint density at radius 3 is 2.12 bits per heavy atom. The van der Waals surface area contributed by atoms with Crippen molar-refractivity contribution in [2.45, 2.75) is 85.1 Å². The van der Waals surface area contributed by atoms with Crippen LogP contribution in [0.25, 0.3) is 0 Å². The van der Waals surface area contributed by atoms with Crippen LogP contribution in [0.15, 0.2) is 0 Å². The minimum atomic E-state index is 0.279. The minimum Gasteiger partial charge on any atom is -0.312 e. The van der Waals surface area contributed by atoms with Crippen LogP contribution in [0.1, 0.15) is 79.6 Å². The third-order valence-corrected chi connectivity index (χ3v) is 3.09. The lowest BCUT2D eigenvalue weighted by atomic mass is 9.98. The van der Waals surface area contributed by atoms with E-state index in [4.69, 9.17) is 0 Å². The number of hydrogen-bond acceptors (Lipinski definition) is 1. The Balaban J connectivity index is 3.28. The maximum atomic E-state index is 3.56. The molecule has 0 saturated carbocycles. The minimum absolute atomic E-state index is 0.279. The highest BCUT2D eigenvalue weighted by molar-refractivity contribution is 4.70. The Morgan fingerprint density at radius 2 is 1.56 bits per heavy atom. The van der Waals surface area contributed by atoms with Crippen molar-refractivity contribution in [3.63, 3.8) is 0 Å². The van der Waals surface area contributed by atoms with E-state index in [1.165, 1.54) is 51.5 Å². The fourth-order valence-electron chi connectivity index (χ4n) is 1.93. The second-order valence-corrected chi connectivity index (χ2v) is 6.27. The third kappa shape index (κ3) is 12.0. The average Bonchev–Trinajstić information content (AvgIpc) is 2.15. The second-order valence-electron chi connectivity index (χ2n) is 6.27. The van der Waals surface area contributed by atoms with Gasteiger partial charge in [-0.05, 0) is 39.7 Å². The molecule has 0 radical (unpaired) electrons. The van der Waals surface area contributed by atoms with Crippen LogP contribution in [0.2, 0.25) is 0 Å². The van der Waals surface area contributed by atoms with Crippen molar-refractivity contribution in [2.75, 3.05) is 6.54 Å². The number of unbranched alkanes of at least 4 members (excludes halogenated alkanes) is 4. The molecular formula is C15H33N. The summed E-state index contributed by atoms with van der Waals surface area (Å²) in [7, 11) is 0. The molecule has 0 aromatic carbocycles. The monoisotopic (exact) mass is 227 g/mol. The maximum Gasteiger partial charge on any atom is 0.00965 e. The van der Waals surface area contributed by atoms with Gasteiger partial charge in [0.2, 0.25) is 0 Å². The summed E-state index contributed by atoms with van der Waals surface area (Å²) >= 11 is 0. The molecule has 0 aromatic heterocycles. The van der Waals surface area contributed by atoms with E-state index in [2.05, 4.69) is 39.9 Å². The maximum absolute atomic E-state index is 3.56. The molecule has 0 fully saturated rings. The quantitative estimate of drug-likeness (QED) is 0.560. The smallest absolute Gasteiger partial charge is 0.00965 e. The van der Waals surface area contributed by atoms with Crippen molar-refractivity contribution in [3.8, 4) is 0 Å². The normalized spacial score (nSPS) is 14.1. The molecule has 0 rings (SSSR count). The predicted molar refractivity (Wildman–Crippen MR) is 74.9 cm³/mol. The summed E-state index contributed by atoms with van der Waals surface area (Å²) in [6.07, 6.45) is 9.80. The van der Waals surface area contributed by atoms with Crippen LogP contribution in [0.5, 0.6) is 0 Å². The first kappa shape index (κ1) is 16.0. The zero-order chi connectivity index (χ0) is 12.4. The molecule has 0 aliphatic heterocycles. The van der Waals surface area contributed by atoms with Gasteiger partial charge in [-0.3, -0.25) is 0 Å². The van der Waals surface area contributed by atoms with Gasteiger partial charge in [-0.1, -0.05) is 52.4 Å². The predicted octanol–water partition coefficient (Wildman–Crippen LogP) is 4.76. The molecule has 1 unspecified atom stereocenters. The fourth-order valence-corrected chi connectivity index (χ4v) is 1.93. The van der Waals surface area contributed by atoms with Gasteiger partial charge in [-0.25, -0.2) is 0 Å². The standard InChI is InChI=1S/C15H33N/c1-6-7-8-9-10-11-14(2)12-13-16-15(3,4)5/h14,16H,6-13H2,1-5H3. The summed E-state index contributed by atoms with van der Waals surface area (Å²) in [5.74, 6) is 0.886. The van der Waals surface area contributed by atoms with Gasteiger partial charge in [0, 0.05) is 5.54 Å². The lowest BCUT2D eigenvalue weighted by Crippen LogP contribution is -2.36. The van der Waals surface area contributed by atoms with Gasteiger partial charge in [0.1, 0.15) is 0 Å². The van der Waals surface area contributed by atoms with E-state index < -0.39 is 0 Å². The molecular weight excluding hydrogens is 194 g/mol. The van der Waals surface area contributed by atoms with Crippen molar-refractivity contribution in [3.05, 3.63) is 0 Å². The molecule has 1 N–H and O–H groups in total. The molecule has 0 aliphatic rings. The largest absolute Gasteiger partial charge is 0.312 e. The van der Waals surface area contributed by atoms with Gasteiger partial charge in [0.05, 0.1) is 0 Å². The first-order valence-electron chi connectivity index (χ1n) is 7.20. The molecule has 0 bridgehead atoms. The van der Waals surface area contributed by atoms with Gasteiger partial charge >= 0.3 is 0 Å². The van der Waals surface area contributed by atoms with Crippen LogP contribution in [0, 0.1) is 5.92 Å². The fraction of sp³-hybridized carbons (Fsp3) is 1.00. The van der Waals surface area contributed by atoms with Crippen molar-refractivity contribution in [1.82, 2.24) is 5.32 Å². The van der Waals surface area contributed by atoms with E-state index in [0.717, 1.165) is 5.92 Å². The molecule has 1 atom stereocenters. The van der Waals surface area contributed by atoms with Crippen LogP contribution in [-0.2, 0) is 0 Å². The summed E-state index contributed by atoms with van der Waals surface area (Å²) in [5.41, 5.74) is 0.279. The van der Waals surface area contributed by atoms with Crippen molar-refractivity contribution in [2.24, 2.45) is 5.92 Å². The lowest BCUT2D eigenvalue weighted by Gasteiger charge is -2.22. The Kier molecular flexibility index (Phi) is 9.02. The van der Waals surface area contributed by atoms with E-state index in [0.29, 0.717) is 0 Å². The van der Waals surface area contributed by atoms with E-state index in [9.17, 15) is 0 Å². The highest BCUT2D eigenvalue weighted by Gasteiger charge is 2.09. The van der Waals surface area contributed by atoms with E-state index in [-0.39, 0.29) is 5.54 Å². The van der Waals surface area contributed by atoms with Gasteiger partial charge in [-0.2, -0.15) is 0 Å². The van der Waals surface area contributed by atoms with Crippen molar-refractivity contribution in [1.29, 1.82) is 0 Å². The summed E-state index contributed by atoms with van der Waals surface area (Å²) in [5, 5.41) is 3.56. The van der Waals surface area contributed by atoms with E-state index >= 15 is 0 Å². The molecule has 98 valence electrons. The lowest BCUT2D eigenvalue weighted by molar-refractivity contribution is 0.380. The number of rotatable bonds is 9. The molecule has 0 spiro atoms. The first-order valence-corrected chi connectivity index (χ1v) is 7.20. The van der Waals surface area contributed by atoms with Crippen LogP contribution in [0.4, 0.5) is 0 Å². The summed E-state index contributed by atoms with van der Waals surface area (Å²) in [4.78, 5) is 0. The highest BCUT2D eigenvalue weighted by atomic mass is 14.9. The van der Waals surface area contributed by atoms with Crippen LogP contribution in [-0.4, -0.2) is 12.1 Å². The zero-order valence-electron chi connectivity index (χ0n) is 12.2. The van der Waals surface area contributed by atoms with Gasteiger partial charge in [0.15, 0.2) is 0 Å². The summed E-state index contributed by atoms with van der Waals surface area (Å²) in [6.45, 7) is 12.6. The highest BCUT2D eigenvalue weighted by Crippen LogP contribution is 2.14. The summed E-state index contributed by atoms with van der Waals surface area (Å²) in [6, 6.07) is 0. The molecule has 16 heavy (non-hydrogen) atoms. The molecule has 0 aromatic rings. The van der Waals surface area contributed by atoms with E-state index in [1.807, 2.05) is 0 Å². The van der Waals surface area contributed by atoms with Gasteiger partial charge < -0.3 is 5.32 Å². The van der Waals surface area contributed by atoms with Crippen molar-refractivity contribution < 1.29 is 0 Å². The third-order valence-electron chi connectivity index (χ3n) is 3.09. The van der Waals surface area contributed by atoms with Crippen LogP contribution < -0.4 is 5.32 Å². The summed E-state index contributed by atoms with van der Waals surface area (Å²) < 4.78 is 0. The Bertz CT molecular complexity index is 146. The zero-order valence-corrected chi connectivity index (χ0v) is 12.2. The van der Waals surface area contributed by atoms with Crippen molar-refractivity contribution >= 4 is 0 Å². The number of hydrogen-bond donors (Lipinski definition) is 1. The SMILES string of the molecule is CCCCCCCC(C)CCNC(C)(C)C. The van der Waals surface area contributed by atoms with E-state index in [1.54, 1.807) is 0 Å².